The van der Waals surface area contributed by atoms with Crippen LogP contribution in [0.15, 0.2) is 18.2 Å². The molecule has 9 nitrogen and oxygen atoms in total. The summed E-state index contributed by atoms with van der Waals surface area (Å²) in [5.41, 5.74) is 8.78. The molecule has 1 fully saturated rings. The summed E-state index contributed by atoms with van der Waals surface area (Å²) in [6.07, 6.45) is -0.160. The Kier molecular flexibility index (Phi) is 3.84. The molecule has 4 unspecified atom stereocenters. The van der Waals surface area contributed by atoms with Gasteiger partial charge in [0.15, 0.2) is 23.1 Å². The van der Waals surface area contributed by atoms with Crippen molar-refractivity contribution >= 4 is 34.0 Å². The lowest BCUT2D eigenvalue weighted by Crippen LogP contribution is -2.71. The first-order chi connectivity index (χ1) is 13.5. The van der Waals surface area contributed by atoms with Gasteiger partial charge < -0.3 is 26.8 Å². The van der Waals surface area contributed by atoms with Crippen molar-refractivity contribution in [3.63, 3.8) is 0 Å². The van der Waals surface area contributed by atoms with Crippen LogP contribution in [0.25, 0.3) is 10.8 Å². The Morgan fingerprint density at radius 2 is 1.86 bits per heavy atom. The van der Waals surface area contributed by atoms with E-state index < -0.39 is 52.5 Å². The van der Waals surface area contributed by atoms with Crippen molar-refractivity contribution in [2.75, 3.05) is 0 Å². The van der Waals surface area contributed by atoms with Gasteiger partial charge in [0.05, 0.1) is 17.0 Å². The van der Waals surface area contributed by atoms with E-state index in [-0.39, 0.29) is 23.1 Å². The van der Waals surface area contributed by atoms with E-state index in [4.69, 9.17) is 11.5 Å². The molecule has 0 aromatic heterocycles. The molecule has 7 N–H and O–H groups in total. The summed E-state index contributed by atoms with van der Waals surface area (Å²) in [6.45, 7) is 1.65. The molecule has 0 spiro atoms. The summed E-state index contributed by atoms with van der Waals surface area (Å²) < 4.78 is 0. The van der Waals surface area contributed by atoms with Crippen molar-refractivity contribution in [1.82, 2.24) is 0 Å². The van der Waals surface area contributed by atoms with Crippen molar-refractivity contribution in [3.05, 3.63) is 34.9 Å². The molecule has 0 saturated heterocycles. The highest BCUT2D eigenvalue weighted by molar-refractivity contribution is 6.33. The summed E-state index contributed by atoms with van der Waals surface area (Å²) in [5.74, 6) is -9.01. The minimum absolute atomic E-state index is 0.00534. The predicted octanol–water partition coefficient (Wildman–Crippen LogP) is -0.774. The fraction of sp³-hybridized carbons (Fsp3) is 0.300. The quantitative estimate of drug-likeness (QED) is 0.388. The molecule has 9 heteroatoms. The molecule has 0 heterocycles. The van der Waals surface area contributed by atoms with Gasteiger partial charge in [0.2, 0.25) is 11.7 Å². The van der Waals surface area contributed by atoms with Gasteiger partial charge in [-0.1, -0.05) is 12.1 Å². The molecule has 1 amide bonds. The molecule has 2 aliphatic rings. The van der Waals surface area contributed by atoms with E-state index in [1.54, 1.807) is 19.1 Å². The van der Waals surface area contributed by atoms with Crippen LogP contribution in [0.3, 0.4) is 0 Å². The maximum Gasteiger partial charge on any atom is 0.235 e. The van der Waals surface area contributed by atoms with E-state index in [1.165, 1.54) is 6.07 Å². The number of carbonyl (C=O) groups excluding carboxylic acids is 4. The smallest absolute Gasteiger partial charge is 0.235 e. The largest absolute Gasteiger partial charge is 0.507 e. The number of ketones is 3. The zero-order valence-electron chi connectivity index (χ0n) is 15.3. The topological polar surface area (TPSA) is 181 Å². The van der Waals surface area contributed by atoms with E-state index in [9.17, 15) is 34.5 Å². The van der Waals surface area contributed by atoms with E-state index in [0.717, 1.165) is 0 Å². The van der Waals surface area contributed by atoms with Crippen LogP contribution in [-0.4, -0.2) is 50.2 Å². The summed E-state index contributed by atoms with van der Waals surface area (Å²) in [6, 6.07) is 3.04. The SMILES string of the molecule is Cc1c2c(c(O)c3c(O)cccc13)C(=O)C1(O)C(=O)C(C(N)=O)C(=O)C(N)C1C2. The molecule has 29 heavy (non-hydrogen) atoms. The van der Waals surface area contributed by atoms with E-state index in [0.29, 0.717) is 16.5 Å². The second-order valence-corrected chi connectivity index (χ2v) is 7.56. The number of carbonyl (C=O) groups is 4. The number of amides is 1. The van der Waals surface area contributed by atoms with Gasteiger partial charge in [0.1, 0.15) is 11.5 Å². The Hall–Kier alpha value is -3.30. The van der Waals surface area contributed by atoms with Gasteiger partial charge >= 0.3 is 0 Å². The number of hydrogen-bond acceptors (Lipinski definition) is 8. The number of nitrogens with two attached hydrogens (primary N) is 2. The third-order valence-corrected chi connectivity index (χ3v) is 6.18. The first kappa shape index (κ1) is 19.0. The molecule has 0 bridgehead atoms. The molecule has 4 atom stereocenters. The Morgan fingerprint density at radius 1 is 1.21 bits per heavy atom. The number of phenols is 2. The van der Waals surface area contributed by atoms with Gasteiger partial charge in [-0.25, -0.2) is 0 Å². The molecule has 0 aliphatic heterocycles. The normalized spacial score (nSPS) is 28.9. The molecule has 2 aliphatic carbocycles. The van der Waals surface area contributed by atoms with Gasteiger partial charge in [-0.05, 0) is 35.9 Å². The van der Waals surface area contributed by atoms with Crippen molar-refractivity contribution in [3.8, 4) is 11.5 Å². The summed E-state index contributed by atoms with van der Waals surface area (Å²) >= 11 is 0. The number of aromatic hydroxyl groups is 2. The fourth-order valence-corrected chi connectivity index (χ4v) is 4.64. The van der Waals surface area contributed by atoms with Crippen molar-refractivity contribution in [2.24, 2.45) is 23.3 Å². The summed E-state index contributed by atoms with van der Waals surface area (Å²) in [4.78, 5) is 50.2. The molecule has 1 saturated carbocycles. The number of rotatable bonds is 1. The third kappa shape index (κ3) is 2.16. The second kappa shape index (κ2) is 5.85. The molecule has 150 valence electrons. The summed E-state index contributed by atoms with van der Waals surface area (Å²) in [5, 5.41) is 32.5. The average Bonchev–Trinajstić information content (AvgIpc) is 2.66. The number of benzene rings is 2. The van der Waals surface area contributed by atoms with Crippen molar-refractivity contribution < 1.29 is 34.5 Å². The van der Waals surface area contributed by atoms with Gasteiger partial charge in [-0.2, -0.15) is 0 Å². The van der Waals surface area contributed by atoms with Crippen LogP contribution < -0.4 is 11.5 Å². The maximum absolute atomic E-state index is 13.3. The number of phenolic OH excluding ortho intramolecular Hbond substituents is 2. The van der Waals surface area contributed by atoms with Crippen LogP contribution in [0.1, 0.15) is 21.5 Å². The Bertz CT molecular complexity index is 1160. The Labute approximate surface area is 163 Å². The number of Topliss-reactive ketones (excluding diaryl/α,β-unsaturated/α-hetero) is 3. The van der Waals surface area contributed by atoms with Crippen LogP contribution in [0.2, 0.25) is 0 Å². The lowest BCUT2D eigenvalue weighted by atomic mass is 9.58. The van der Waals surface area contributed by atoms with Crippen LogP contribution in [0.5, 0.6) is 11.5 Å². The van der Waals surface area contributed by atoms with E-state index >= 15 is 0 Å². The highest BCUT2D eigenvalue weighted by Gasteiger charge is 2.65. The van der Waals surface area contributed by atoms with Gasteiger partial charge in [-0.15, -0.1) is 0 Å². The zero-order valence-corrected chi connectivity index (χ0v) is 15.3. The standard InChI is InChI=1S/C20H18N2O7/c1-6-7-3-2-4-10(23)11(7)15(24)12-8(6)5-9-14(21)16(25)13(19(22)28)18(27)20(9,29)17(12)26/h2-4,9,13-14,23-24,29H,5,21H2,1H3,(H2,22,28). The lowest BCUT2D eigenvalue weighted by molar-refractivity contribution is -0.158. The van der Waals surface area contributed by atoms with Crippen LogP contribution in [0, 0.1) is 18.8 Å². The highest BCUT2D eigenvalue weighted by Crippen LogP contribution is 2.48. The van der Waals surface area contributed by atoms with Crippen LogP contribution >= 0.6 is 0 Å². The molecular weight excluding hydrogens is 380 g/mol. The second-order valence-electron chi connectivity index (χ2n) is 7.56. The van der Waals surface area contributed by atoms with Gasteiger partial charge in [0.25, 0.3) is 0 Å². The molecule has 2 aromatic rings. The highest BCUT2D eigenvalue weighted by atomic mass is 16.3. The minimum atomic E-state index is -2.79. The lowest BCUT2D eigenvalue weighted by Gasteiger charge is -2.45. The number of aliphatic hydroxyl groups is 1. The van der Waals surface area contributed by atoms with Crippen molar-refractivity contribution in [2.45, 2.75) is 25.0 Å². The van der Waals surface area contributed by atoms with Crippen molar-refractivity contribution in [1.29, 1.82) is 0 Å². The number of hydrogen-bond donors (Lipinski definition) is 5. The summed E-state index contributed by atoms with van der Waals surface area (Å²) in [7, 11) is 0. The fourth-order valence-electron chi connectivity index (χ4n) is 4.64. The number of primary amides is 1. The number of aryl methyl sites for hydroxylation is 1. The third-order valence-electron chi connectivity index (χ3n) is 6.18. The average molecular weight is 398 g/mol. The monoisotopic (exact) mass is 398 g/mol. The molecular formula is C20H18N2O7. The van der Waals surface area contributed by atoms with E-state index in [2.05, 4.69) is 0 Å². The van der Waals surface area contributed by atoms with Gasteiger partial charge in [0, 0.05) is 5.92 Å². The van der Waals surface area contributed by atoms with Crippen LogP contribution in [0.4, 0.5) is 0 Å². The van der Waals surface area contributed by atoms with Gasteiger partial charge in [-0.3, -0.25) is 19.2 Å². The van der Waals surface area contributed by atoms with E-state index in [1.807, 2.05) is 0 Å². The first-order valence-corrected chi connectivity index (χ1v) is 8.89. The van der Waals surface area contributed by atoms with Crippen LogP contribution in [-0.2, 0) is 20.8 Å². The Morgan fingerprint density at radius 3 is 2.48 bits per heavy atom. The first-order valence-electron chi connectivity index (χ1n) is 8.89. The zero-order chi connectivity index (χ0) is 21.4. The Balaban J connectivity index is 2.05. The number of fused-ring (bicyclic) bond motifs is 3. The predicted molar refractivity (Wildman–Crippen MR) is 99.2 cm³/mol. The molecule has 4 rings (SSSR count). The molecule has 2 aromatic carbocycles. The maximum atomic E-state index is 13.3. The molecule has 0 radical (unpaired) electrons. The minimum Gasteiger partial charge on any atom is -0.507 e.